The second-order valence-electron chi connectivity index (χ2n) is 5.44. The molecule has 126 valence electrons. The Hall–Kier alpha value is -3.47. The van der Waals surface area contributed by atoms with E-state index in [0.29, 0.717) is 22.4 Å². The van der Waals surface area contributed by atoms with Crippen LogP contribution in [0, 0.1) is 11.3 Å². The highest BCUT2D eigenvalue weighted by atomic mass is 16.5. The summed E-state index contributed by atoms with van der Waals surface area (Å²) in [5.41, 5.74) is 2.11. The van der Waals surface area contributed by atoms with Gasteiger partial charge in [0, 0.05) is 0 Å². The first kappa shape index (κ1) is 16.4. The average Bonchev–Trinajstić information content (AvgIpc) is 3.05. The highest BCUT2D eigenvalue weighted by molar-refractivity contribution is 5.87. The van der Waals surface area contributed by atoms with E-state index in [0.717, 1.165) is 5.56 Å². The molecule has 0 saturated heterocycles. The molecular formula is C17H16N6O2. The molecule has 1 aromatic carbocycles. The molecule has 3 aromatic rings. The topological polar surface area (TPSA) is 106 Å². The van der Waals surface area contributed by atoms with Crippen LogP contribution in [-0.4, -0.2) is 32.8 Å². The maximum absolute atomic E-state index is 11.5. The number of aromatic nitrogens is 4. The third-order valence-corrected chi connectivity index (χ3v) is 3.81. The Morgan fingerprint density at radius 1 is 1.44 bits per heavy atom. The number of carbonyl (C=O) groups excluding carboxylic acids is 1. The molecule has 8 heteroatoms. The highest BCUT2D eigenvalue weighted by Gasteiger charge is 2.14. The van der Waals surface area contributed by atoms with Gasteiger partial charge in [-0.15, -0.1) is 0 Å². The van der Waals surface area contributed by atoms with Crippen molar-refractivity contribution in [3.8, 4) is 6.07 Å². The first-order valence-corrected chi connectivity index (χ1v) is 7.62. The summed E-state index contributed by atoms with van der Waals surface area (Å²) in [6, 6.07) is 9.43. The van der Waals surface area contributed by atoms with Crippen LogP contribution in [0.25, 0.3) is 11.0 Å². The fourth-order valence-electron chi connectivity index (χ4n) is 2.48. The van der Waals surface area contributed by atoms with Crippen molar-refractivity contribution in [3.63, 3.8) is 0 Å². The molecule has 1 atom stereocenters. The number of nitriles is 1. The van der Waals surface area contributed by atoms with Crippen LogP contribution in [0.2, 0.25) is 0 Å². The number of ether oxygens (including phenoxy) is 1. The van der Waals surface area contributed by atoms with Crippen molar-refractivity contribution in [3.05, 3.63) is 47.9 Å². The van der Waals surface area contributed by atoms with Crippen molar-refractivity contribution in [2.75, 3.05) is 12.4 Å². The van der Waals surface area contributed by atoms with Gasteiger partial charge in [0.15, 0.2) is 5.65 Å². The third kappa shape index (κ3) is 3.40. The number of anilines is 1. The van der Waals surface area contributed by atoms with Crippen molar-refractivity contribution in [2.24, 2.45) is 0 Å². The predicted octanol–water partition coefficient (Wildman–Crippen LogP) is 2.04. The van der Waals surface area contributed by atoms with Gasteiger partial charge in [0.1, 0.15) is 18.7 Å². The molecule has 8 nitrogen and oxygen atoms in total. The van der Waals surface area contributed by atoms with Gasteiger partial charge in [-0.1, -0.05) is 12.1 Å². The van der Waals surface area contributed by atoms with E-state index in [1.807, 2.05) is 25.1 Å². The zero-order valence-electron chi connectivity index (χ0n) is 13.8. The number of nitrogens with one attached hydrogen (secondary N) is 1. The van der Waals surface area contributed by atoms with E-state index in [-0.39, 0.29) is 12.6 Å². The second-order valence-corrected chi connectivity index (χ2v) is 5.44. The van der Waals surface area contributed by atoms with E-state index in [4.69, 9.17) is 5.26 Å². The van der Waals surface area contributed by atoms with Crippen molar-refractivity contribution in [2.45, 2.75) is 19.5 Å². The van der Waals surface area contributed by atoms with Gasteiger partial charge < -0.3 is 10.1 Å². The Kier molecular flexibility index (Phi) is 4.57. The zero-order valence-corrected chi connectivity index (χ0v) is 13.8. The zero-order chi connectivity index (χ0) is 17.8. The van der Waals surface area contributed by atoms with Gasteiger partial charge in [0.25, 0.3) is 0 Å². The molecule has 3 rings (SSSR count). The summed E-state index contributed by atoms with van der Waals surface area (Å²) in [5.74, 6) is 0.204. The summed E-state index contributed by atoms with van der Waals surface area (Å²) in [4.78, 5) is 19.9. The summed E-state index contributed by atoms with van der Waals surface area (Å²) in [7, 11) is 1.33. The first-order chi connectivity index (χ1) is 12.1. The van der Waals surface area contributed by atoms with Gasteiger partial charge in [-0.2, -0.15) is 10.4 Å². The molecule has 0 radical (unpaired) electrons. The van der Waals surface area contributed by atoms with Crippen molar-refractivity contribution >= 4 is 22.8 Å². The minimum absolute atomic E-state index is 0.0176. The molecule has 25 heavy (non-hydrogen) atoms. The Morgan fingerprint density at radius 3 is 3.04 bits per heavy atom. The van der Waals surface area contributed by atoms with Crippen LogP contribution in [0.15, 0.2) is 36.8 Å². The number of benzene rings is 1. The van der Waals surface area contributed by atoms with Crippen molar-refractivity contribution in [1.29, 1.82) is 5.26 Å². The summed E-state index contributed by atoms with van der Waals surface area (Å²) >= 11 is 0. The molecule has 2 heterocycles. The lowest BCUT2D eigenvalue weighted by Gasteiger charge is -2.15. The molecule has 0 aliphatic rings. The lowest BCUT2D eigenvalue weighted by molar-refractivity contribution is -0.141. The molecule has 1 unspecified atom stereocenters. The lowest BCUT2D eigenvalue weighted by atomic mass is 10.1. The monoisotopic (exact) mass is 336 g/mol. The average molecular weight is 336 g/mol. The molecule has 0 spiro atoms. The van der Waals surface area contributed by atoms with Crippen LogP contribution < -0.4 is 5.32 Å². The minimum atomic E-state index is -0.403. The summed E-state index contributed by atoms with van der Waals surface area (Å²) in [5, 5.41) is 17.2. The fraction of sp³-hybridized carbons (Fsp3) is 0.235. The Bertz CT molecular complexity index is 959. The maximum Gasteiger partial charge on any atom is 0.327 e. The molecule has 0 aliphatic heterocycles. The Labute approximate surface area is 144 Å². The van der Waals surface area contributed by atoms with E-state index in [2.05, 4.69) is 31.2 Å². The molecule has 0 saturated carbocycles. The van der Waals surface area contributed by atoms with Crippen LogP contribution >= 0.6 is 0 Å². The number of hydrogen-bond donors (Lipinski definition) is 1. The molecule has 0 bridgehead atoms. The molecular weight excluding hydrogens is 320 g/mol. The summed E-state index contributed by atoms with van der Waals surface area (Å²) < 4.78 is 6.13. The first-order valence-electron chi connectivity index (χ1n) is 7.62. The lowest BCUT2D eigenvalue weighted by Crippen LogP contribution is -2.13. The molecule has 0 aliphatic carbocycles. The quantitative estimate of drug-likeness (QED) is 0.711. The summed E-state index contributed by atoms with van der Waals surface area (Å²) in [6.07, 6.45) is 3.03. The smallest absolute Gasteiger partial charge is 0.327 e. The summed E-state index contributed by atoms with van der Waals surface area (Å²) in [6.45, 7) is 1.96. The number of rotatable bonds is 5. The van der Waals surface area contributed by atoms with E-state index in [9.17, 15) is 4.79 Å². The van der Waals surface area contributed by atoms with Gasteiger partial charge >= 0.3 is 5.97 Å². The largest absolute Gasteiger partial charge is 0.468 e. The fourth-order valence-corrected chi connectivity index (χ4v) is 2.48. The van der Waals surface area contributed by atoms with E-state index in [1.165, 1.54) is 18.1 Å². The SMILES string of the molecule is COC(=O)Cn1ncc2c(NC(C)c3cccc(C#N)c3)ncnc21. The maximum atomic E-state index is 11.5. The van der Waals surface area contributed by atoms with Crippen molar-refractivity contribution < 1.29 is 9.53 Å². The van der Waals surface area contributed by atoms with Crippen LogP contribution in [0.4, 0.5) is 5.82 Å². The highest BCUT2D eigenvalue weighted by Crippen LogP contribution is 2.24. The van der Waals surface area contributed by atoms with Crippen LogP contribution in [0.1, 0.15) is 24.1 Å². The molecule has 1 N–H and O–H groups in total. The second kappa shape index (κ2) is 6.97. The number of nitrogens with zero attached hydrogens (tertiary/aromatic N) is 5. The minimum Gasteiger partial charge on any atom is -0.468 e. The number of methoxy groups -OCH3 is 1. The molecule has 0 fully saturated rings. The van der Waals surface area contributed by atoms with Gasteiger partial charge in [-0.05, 0) is 24.6 Å². The van der Waals surface area contributed by atoms with E-state index < -0.39 is 5.97 Å². The van der Waals surface area contributed by atoms with Gasteiger partial charge in [-0.25, -0.2) is 14.6 Å². The third-order valence-electron chi connectivity index (χ3n) is 3.81. The van der Waals surface area contributed by atoms with Gasteiger partial charge in [0.05, 0.1) is 36.4 Å². The molecule has 2 aromatic heterocycles. The van der Waals surface area contributed by atoms with Crippen LogP contribution in [-0.2, 0) is 16.1 Å². The van der Waals surface area contributed by atoms with Crippen LogP contribution in [0.3, 0.4) is 0 Å². The molecule has 0 amide bonds. The normalized spacial score (nSPS) is 11.7. The Balaban J connectivity index is 1.88. The van der Waals surface area contributed by atoms with E-state index >= 15 is 0 Å². The van der Waals surface area contributed by atoms with E-state index in [1.54, 1.807) is 12.3 Å². The van der Waals surface area contributed by atoms with Crippen LogP contribution in [0.5, 0.6) is 0 Å². The van der Waals surface area contributed by atoms with Crippen molar-refractivity contribution in [1.82, 2.24) is 19.7 Å². The van der Waals surface area contributed by atoms with Gasteiger partial charge in [-0.3, -0.25) is 4.79 Å². The number of carbonyl (C=O) groups is 1. The standard InChI is InChI=1S/C17H16N6O2/c1-11(13-5-3-4-12(6-13)7-18)22-16-14-8-21-23(9-15(24)25-2)17(14)20-10-19-16/h3-6,8,10-11H,9H2,1-2H3,(H,19,20,22). The number of esters is 1. The Morgan fingerprint density at radius 2 is 2.28 bits per heavy atom. The van der Waals surface area contributed by atoms with Gasteiger partial charge in [0.2, 0.25) is 0 Å². The predicted molar refractivity (Wildman–Crippen MR) is 90.5 cm³/mol. The number of fused-ring (bicyclic) bond motifs is 1. The number of hydrogen-bond acceptors (Lipinski definition) is 7.